The van der Waals surface area contributed by atoms with E-state index in [4.69, 9.17) is 9.47 Å². The third-order valence-electron chi connectivity index (χ3n) is 3.19. The predicted octanol–water partition coefficient (Wildman–Crippen LogP) is 1.44. The highest BCUT2D eigenvalue weighted by Crippen LogP contribution is 2.20. The Labute approximate surface area is 129 Å². The minimum absolute atomic E-state index is 0.220. The number of aromatic nitrogens is 1. The van der Waals surface area contributed by atoms with E-state index >= 15 is 0 Å². The van der Waals surface area contributed by atoms with Crippen LogP contribution in [-0.2, 0) is 14.3 Å². The highest BCUT2D eigenvalue weighted by molar-refractivity contribution is 5.99. The molecule has 1 atom stereocenters. The maximum Gasteiger partial charge on any atom is 0.355 e. The summed E-state index contributed by atoms with van der Waals surface area (Å²) >= 11 is 0. The van der Waals surface area contributed by atoms with Gasteiger partial charge in [-0.05, 0) is 33.3 Å². The average Bonchev–Trinajstić information content (AvgIpc) is 2.73. The number of rotatable bonds is 5. The molecule has 22 heavy (non-hydrogen) atoms. The van der Waals surface area contributed by atoms with E-state index in [0.717, 1.165) is 0 Å². The SMILES string of the molecule is CCOC(=O)c1[nH]c(C)c(C(=O)O[C@@H](C)C(=O)N(C)C)c1C. The molecule has 0 unspecified atom stereocenters. The number of aromatic amines is 1. The molecule has 122 valence electrons. The van der Waals surface area contributed by atoms with Crippen molar-refractivity contribution in [3.8, 4) is 0 Å². The van der Waals surface area contributed by atoms with Crippen LogP contribution in [0.25, 0.3) is 0 Å². The standard InChI is InChI=1S/C15H22N2O5/c1-7-21-15(20)12-8(2)11(9(3)16-12)14(19)22-10(4)13(18)17(5)6/h10,16H,7H2,1-6H3/t10-/m0/s1. The molecule has 1 amide bonds. The smallest absolute Gasteiger partial charge is 0.355 e. The van der Waals surface area contributed by atoms with E-state index in [2.05, 4.69) is 4.98 Å². The second-order valence-electron chi connectivity index (χ2n) is 5.13. The van der Waals surface area contributed by atoms with Gasteiger partial charge in [0.15, 0.2) is 6.10 Å². The molecule has 0 saturated carbocycles. The summed E-state index contributed by atoms with van der Waals surface area (Å²) in [5.74, 6) is -1.49. The third-order valence-corrected chi connectivity index (χ3v) is 3.19. The van der Waals surface area contributed by atoms with Gasteiger partial charge in [-0.3, -0.25) is 4.79 Å². The number of aryl methyl sites for hydroxylation is 1. The van der Waals surface area contributed by atoms with Crippen molar-refractivity contribution < 1.29 is 23.9 Å². The van der Waals surface area contributed by atoms with E-state index in [-0.39, 0.29) is 23.8 Å². The Morgan fingerprint density at radius 1 is 1.18 bits per heavy atom. The van der Waals surface area contributed by atoms with Gasteiger partial charge in [0.25, 0.3) is 5.91 Å². The Bertz CT molecular complexity index is 589. The lowest BCUT2D eigenvalue weighted by Gasteiger charge is -2.17. The van der Waals surface area contributed by atoms with E-state index in [1.165, 1.54) is 11.8 Å². The number of H-pyrrole nitrogens is 1. The number of amides is 1. The second-order valence-corrected chi connectivity index (χ2v) is 5.13. The monoisotopic (exact) mass is 310 g/mol. The van der Waals surface area contributed by atoms with Gasteiger partial charge in [-0.15, -0.1) is 0 Å². The van der Waals surface area contributed by atoms with Crippen LogP contribution in [0.4, 0.5) is 0 Å². The fraction of sp³-hybridized carbons (Fsp3) is 0.533. The van der Waals surface area contributed by atoms with Crippen molar-refractivity contribution in [3.05, 3.63) is 22.5 Å². The van der Waals surface area contributed by atoms with Gasteiger partial charge < -0.3 is 19.4 Å². The van der Waals surface area contributed by atoms with Gasteiger partial charge in [0.1, 0.15) is 5.69 Å². The number of nitrogens with zero attached hydrogens (tertiary/aromatic N) is 1. The molecule has 1 aromatic heterocycles. The number of ether oxygens (including phenoxy) is 2. The number of carbonyl (C=O) groups is 3. The molecular weight excluding hydrogens is 288 g/mol. The molecule has 1 heterocycles. The van der Waals surface area contributed by atoms with Crippen molar-refractivity contribution >= 4 is 17.8 Å². The predicted molar refractivity (Wildman–Crippen MR) is 79.8 cm³/mol. The minimum Gasteiger partial charge on any atom is -0.461 e. The van der Waals surface area contributed by atoms with Crippen molar-refractivity contribution in [2.45, 2.75) is 33.8 Å². The molecule has 0 bridgehead atoms. The lowest BCUT2D eigenvalue weighted by molar-refractivity contribution is -0.137. The van der Waals surface area contributed by atoms with Crippen LogP contribution in [0.3, 0.4) is 0 Å². The Morgan fingerprint density at radius 3 is 2.27 bits per heavy atom. The topological polar surface area (TPSA) is 88.7 Å². The zero-order valence-corrected chi connectivity index (χ0v) is 13.8. The molecule has 0 aliphatic heterocycles. The minimum atomic E-state index is -0.901. The Kier molecular flexibility index (Phi) is 5.73. The maximum absolute atomic E-state index is 12.3. The summed E-state index contributed by atoms with van der Waals surface area (Å²) < 4.78 is 10.1. The second kappa shape index (κ2) is 7.11. The average molecular weight is 310 g/mol. The molecule has 0 radical (unpaired) electrons. The number of hydrogen-bond acceptors (Lipinski definition) is 5. The molecule has 0 saturated heterocycles. The zero-order valence-electron chi connectivity index (χ0n) is 13.8. The van der Waals surface area contributed by atoms with Crippen LogP contribution in [-0.4, -0.2) is 54.5 Å². The zero-order chi connectivity index (χ0) is 17.0. The summed E-state index contributed by atoms with van der Waals surface area (Å²) in [7, 11) is 3.16. The van der Waals surface area contributed by atoms with Gasteiger partial charge in [-0.25, -0.2) is 9.59 Å². The molecule has 1 N–H and O–H groups in total. The highest BCUT2D eigenvalue weighted by atomic mass is 16.5. The highest BCUT2D eigenvalue weighted by Gasteiger charge is 2.27. The maximum atomic E-state index is 12.3. The van der Waals surface area contributed by atoms with Gasteiger partial charge in [-0.1, -0.05) is 0 Å². The first kappa shape index (κ1) is 17.7. The van der Waals surface area contributed by atoms with Crippen LogP contribution in [0, 0.1) is 13.8 Å². The lowest BCUT2D eigenvalue weighted by Crippen LogP contribution is -2.35. The fourth-order valence-corrected chi connectivity index (χ4v) is 2.10. The number of nitrogens with one attached hydrogen (secondary N) is 1. The molecule has 1 aromatic rings. The third kappa shape index (κ3) is 3.66. The molecule has 0 spiro atoms. The van der Waals surface area contributed by atoms with E-state index in [0.29, 0.717) is 11.3 Å². The van der Waals surface area contributed by atoms with Crippen molar-refractivity contribution in [2.75, 3.05) is 20.7 Å². The fourth-order valence-electron chi connectivity index (χ4n) is 2.10. The summed E-state index contributed by atoms with van der Waals surface area (Å²) in [6.07, 6.45) is -0.901. The summed E-state index contributed by atoms with van der Waals surface area (Å²) in [6, 6.07) is 0. The van der Waals surface area contributed by atoms with Gasteiger partial charge >= 0.3 is 11.9 Å². The summed E-state index contributed by atoms with van der Waals surface area (Å²) in [4.78, 5) is 40.0. The van der Waals surface area contributed by atoms with E-state index in [1.54, 1.807) is 34.9 Å². The van der Waals surface area contributed by atoms with E-state index in [1.807, 2.05) is 0 Å². The van der Waals surface area contributed by atoms with Gasteiger partial charge in [0.2, 0.25) is 0 Å². The normalized spacial score (nSPS) is 11.7. The van der Waals surface area contributed by atoms with Crippen molar-refractivity contribution in [2.24, 2.45) is 0 Å². The van der Waals surface area contributed by atoms with Crippen LogP contribution in [0.1, 0.15) is 46.0 Å². The van der Waals surface area contributed by atoms with Crippen molar-refractivity contribution in [1.82, 2.24) is 9.88 Å². The van der Waals surface area contributed by atoms with Gasteiger partial charge in [-0.2, -0.15) is 0 Å². The Morgan fingerprint density at radius 2 is 1.77 bits per heavy atom. The van der Waals surface area contributed by atoms with Gasteiger partial charge in [0.05, 0.1) is 12.2 Å². The van der Waals surface area contributed by atoms with Crippen LogP contribution >= 0.6 is 0 Å². The first-order valence-electron chi connectivity index (χ1n) is 6.99. The molecule has 7 heteroatoms. The lowest BCUT2D eigenvalue weighted by atomic mass is 10.1. The van der Waals surface area contributed by atoms with Crippen molar-refractivity contribution in [1.29, 1.82) is 0 Å². The van der Waals surface area contributed by atoms with Crippen LogP contribution in [0.15, 0.2) is 0 Å². The molecule has 1 rings (SSSR count). The number of esters is 2. The summed E-state index contributed by atoms with van der Waals surface area (Å²) in [5, 5.41) is 0. The van der Waals surface area contributed by atoms with Crippen LogP contribution in [0.2, 0.25) is 0 Å². The Balaban J connectivity index is 3.00. The molecule has 0 aliphatic carbocycles. The molecule has 0 aromatic carbocycles. The number of hydrogen-bond donors (Lipinski definition) is 1. The largest absolute Gasteiger partial charge is 0.461 e. The van der Waals surface area contributed by atoms with Crippen LogP contribution in [0.5, 0.6) is 0 Å². The number of likely N-dealkylation sites (N-methyl/N-ethyl adjacent to an activating group) is 1. The van der Waals surface area contributed by atoms with Gasteiger partial charge in [0, 0.05) is 19.8 Å². The number of carbonyl (C=O) groups excluding carboxylic acids is 3. The first-order valence-corrected chi connectivity index (χ1v) is 6.99. The van der Waals surface area contributed by atoms with E-state index < -0.39 is 18.0 Å². The van der Waals surface area contributed by atoms with Crippen molar-refractivity contribution in [3.63, 3.8) is 0 Å². The van der Waals surface area contributed by atoms with Crippen LogP contribution < -0.4 is 0 Å². The molecule has 0 aliphatic rings. The molecule has 7 nitrogen and oxygen atoms in total. The molecule has 0 fully saturated rings. The first-order chi connectivity index (χ1) is 10.2. The summed E-state index contributed by atoms with van der Waals surface area (Å²) in [5.41, 5.74) is 1.42. The van der Waals surface area contributed by atoms with E-state index in [9.17, 15) is 14.4 Å². The molecular formula is C15H22N2O5. The summed E-state index contributed by atoms with van der Waals surface area (Å²) in [6.45, 7) is 6.73. The quantitative estimate of drug-likeness (QED) is 0.831. The Hall–Kier alpha value is -2.31.